The fourth-order valence-corrected chi connectivity index (χ4v) is 2.48. The van der Waals surface area contributed by atoms with E-state index in [2.05, 4.69) is 11.4 Å². The monoisotopic (exact) mass is 324 g/mol. The van der Waals surface area contributed by atoms with E-state index in [0.29, 0.717) is 13.1 Å². The second-order valence-corrected chi connectivity index (χ2v) is 6.09. The number of rotatable bonds is 6. The van der Waals surface area contributed by atoms with E-state index in [-0.39, 0.29) is 18.2 Å². The highest BCUT2D eigenvalue weighted by molar-refractivity contribution is 5.91. The Kier molecular flexibility index (Phi) is 6.13. The molecule has 0 aromatic heterocycles. The molecule has 0 heterocycles. The summed E-state index contributed by atoms with van der Waals surface area (Å²) in [4.78, 5) is 25.6. The van der Waals surface area contributed by atoms with Crippen molar-refractivity contribution in [3.05, 3.63) is 65.2 Å². The van der Waals surface area contributed by atoms with Gasteiger partial charge in [-0.25, -0.2) is 0 Å². The maximum Gasteiger partial charge on any atom is 0.226 e. The van der Waals surface area contributed by atoms with Crippen molar-refractivity contribution in [3.63, 3.8) is 0 Å². The zero-order valence-corrected chi connectivity index (χ0v) is 14.5. The number of aryl methyl sites for hydroxylation is 2. The van der Waals surface area contributed by atoms with Crippen LogP contribution < -0.4 is 5.32 Å². The van der Waals surface area contributed by atoms with E-state index in [4.69, 9.17) is 0 Å². The summed E-state index contributed by atoms with van der Waals surface area (Å²) in [5.74, 6) is -0.117. The van der Waals surface area contributed by atoms with E-state index in [9.17, 15) is 9.59 Å². The van der Waals surface area contributed by atoms with Crippen molar-refractivity contribution in [1.82, 2.24) is 4.90 Å². The standard InChI is InChI=1S/C20H24N2O2/c1-15-7-9-19(10-8-15)21-20(24)11-12-22(17(3)23)14-18-6-4-5-16(2)13-18/h4-10,13H,11-12,14H2,1-3H3,(H,21,24). The van der Waals surface area contributed by atoms with E-state index < -0.39 is 0 Å². The number of amides is 2. The quantitative estimate of drug-likeness (QED) is 0.881. The van der Waals surface area contributed by atoms with Crippen molar-refractivity contribution in [3.8, 4) is 0 Å². The lowest BCUT2D eigenvalue weighted by Gasteiger charge is -2.21. The van der Waals surface area contributed by atoms with Crippen LogP contribution in [0.15, 0.2) is 48.5 Å². The molecule has 0 unspecified atom stereocenters. The minimum Gasteiger partial charge on any atom is -0.338 e. The molecule has 0 aliphatic rings. The predicted octanol–water partition coefficient (Wildman–Crippen LogP) is 3.68. The van der Waals surface area contributed by atoms with Gasteiger partial charge < -0.3 is 10.2 Å². The van der Waals surface area contributed by atoms with Gasteiger partial charge in [0, 0.05) is 32.1 Å². The Balaban J connectivity index is 1.90. The topological polar surface area (TPSA) is 49.4 Å². The zero-order chi connectivity index (χ0) is 17.5. The maximum atomic E-state index is 12.1. The van der Waals surface area contributed by atoms with Crippen LogP contribution in [0.1, 0.15) is 30.0 Å². The first-order chi connectivity index (χ1) is 11.4. The van der Waals surface area contributed by atoms with Crippen molar-refractivity contribution in [2.45, 2.75) is 33.7 Å². The van der Waals surface area contributed by atoms with Gasteiger partial charge in [0.15, 0.2) is 0 Å². The number of carbonyl (C=O) groups is 2. The molecular formula is C20H24N2O2. The molecule has 0 saturated heterocycles. The summed E-state index contributed by atoms with van der Waals surface area (Å²) in [6.45, 7) is 6.49. The molecule has 0 radical (unpaired) electrons. The third-order valence-electron chi connectivity index (χ3n) is 3.85. The molecular weight excluding hydrogens is 300 g/mol. The average molecular weight is 324 g/mol. The highest BCUT2D eigenvalue weighted by Crippen LogP contribution is 2.11. The molecule has 2 aromatic rings. The highest BCUT2D eigenvalue weighted by atomic mass is 16.2. The van der Waals surface area contributed by atoms with Crippen LogP contribution in [0.4, 0.5) is 5.69 Å². The first-order valence-corrected chi connectivity index (χ1v) is 8.11. The van der Waals surface area contributed by atoms with Crippen LogP contribution in [0, 0.1) is 13.8 Å². The molecule has 0 spiro atoms. The van der Waals surface area contributed by atoms with Crippen LogP contribution in [-0.4, -0.2) is 23.3 Å². The number of benzene rings is 2. The third-order valence-corrected chi connectivity index (χ3v) is 3.85. The molecule has 126 valence electrons. The summed E-state index contributed by atoms with van der Waals surface area (Å²) < 4.78 is 0. The summed E-state index contributed by atoms with van der Waals surface area (Å²) >= 11 is 0. The molecule has 2 rings (SSSR count). The average Bonchev–Trinajstić information content (AvgIpc) is 2.53. The van der Waals surface area contributed by atoms with Crippen LogP contribution in [0.5, 0.6) is 0 Å². The Hall–Kier alpha value is -2.62. The number of nitrogens with zero attached hydrogens (tertiary/aromatic N) is 1. The minimum atomic E-state index is -0.0886. The van der Waals surface area contributed by atoms with Crippen LogP contribution in [-0.2, 0) is 16.1 Å². The van der Waals surface area contributed by atoms with Crippen molar-refractivity contribution < 1.29 is 9.59 Å². The molecule has 4 nitrogen and oxygen atoms in total. The summed E-state index contributed by atoms with van der Waals surface area (Å²) in [5.41, 5.74) is 4.16. The number of nitrogens with one attached hydrogen (secondary N) is 1. The van der Waals surface area contributed by atoms with E-state index in [1.807, 2.05) is 56.3 Å². The van der Waals surface area contributed by atoms with Gasteiger partial charge in [-0.05, 0) is 31.5 Å². The van der Waals surface area contributed by atoms with Gasteiger partial charge in [0.05, 0.1) is 0 Å². The van der Waals surface area contributed by atoms with Crippen molar-refractivity contribution in [2.75, 3.05) is 11.9 Å². The van der Waals surface area contributed by atoms with Gasteiger partial charge in [-0.3, -0.25) is 9.59 Å². The fraction of sp³-hybridized carbons (Fsp3) is 0.300. The Labute approximate surface area is 143 Å². The van der Waals surface area contributed by atoms with Gasteiger partial charge in [-0.15, -0.1) is 0 Å². The summed E-state index contributed by atoms with van der Waals surface area (Å²) in [6.07, 6.45) is 0.277. The molecule has 0 atom stereocenters. The van der Waals surface area contributed by atoms with Crippen LogP contribution in [0.2, 0.25) is 0 Å². The van der Waals surface area contributed by atoms with E-state index in [1.54, 1.807) is 4.90 Å². The fourth-order valence-electron chi connectivity index (χ4n) is 2.48. The van der Waals surface area contributed by atoms with Gasteiger partial charge in [-0.2, -0.15) is 0 Å². The van der Waals surface area contributed by atoms with Gasteiger partial charge in [0.1, 0.15) is 0 Å². The Morgan fingerprint density at radius 3 is 2.33 bits per heavy atom. The molecule has 0 aliphatic heterocycles. The number of carbonyl (C=O) groups excluding carboxylic acids is 2. The lowest BCUT2D eigenvalue weighted by atomic mass is 10.1. The SMILES string of the molecule is CC(=O)N(CCC(=O)Nc1ccc(C)cc1)Cc1cccc(C)c1. The normalized spacial score (nSPS) is 10.3. The van der Waals surface area contributed by atoms with Crippen LogP contribution in [0.3, 0.4) is 0 Å². The second-order valence-electron chi connectivity index (χ2n) is 6.09. The molecule has 1 N–H and O–H groups in total. The number of hydrogen-bond acceptors (Lipinski definition) is 2. The van der Waals surface area contributed by atoms with E-state index >= 15 is 0 Å². The molecule has 24 heavy (non-hydrogen) atoms. The molecule has 2 aromatic carbocycles. The summed E-state index contributed by atoms with van der Waals surface area (Å²) in [7, 11) is 0. The third kappa shape index (κ3) is 5.54. The Morgan fingerprint density at radius 2 is 1.71 bits per heavy atom. The molecule has 2 amide bonds. The lowest BCUT2D eigenvalue weighted by molar-refractivity contribution is -0.129. The van der Waals surface area contributed by atoms with E-state index in [1.165, 1.54) is 6.92 Å². The number of anilines is 1. The van der Waals surface area contributed by atoms with Crippen LogP contribution in [0.25, 0.3) is 0 Å². The van der Waals surface area contributed by atoms with Gasteiger partial charge in [0.2, 0.25) is 11.8 Å². The van der Waals surface area contributed by atoms with Gasteiger partial charge in [-0.1, -0.05) is 47.5 Å². The Morgan fingerprint density at radius 1 is 1.00 bits per heavy atom. The lowest BCUT2D eigenvalue weighted by Crippen LogP contribution is -2.31. The summed E-state index contributed by atoms with van der Waals surface area (Å²) in [5, 5.41) is 2.86. The molecule has 0 fully saturated rings. The van der Waals surface area contributed by atoms with Crippen LogP contribution >= 0.6 is 0 Å². The van der Waals surface area contributed by atoms with Gasteiger partial charge in [0.25, 0.3) is 0 Å². The molecule has 0 aliphatic carbocycles. The molecule has 4 heteroatoms. The smallest absolute Gasteiger partial charge is 0.226 e. The van der Waals surface area contributed by atoms with Crippen molar-refractivity contribution >= 4 is 17.5 Å². The van der Waals surface area contributed by atoms with Crippen molar-refractivity contribution in [1.29, 1.82) is 0 Å². The predicted molar refractivity (Wildman–Crippen MR) is 96.7 cm³/mol. The highest BCUT2D eigenvalue weighted by Gasteiger charge is 2.12. The largest absolute Gasteiger partial charge is 0.338 e. The van der Waals surface area contributed by atoms with Gasteiger partial charge >= 0.3 is 0 Å². The Bertz CT molecular complexity index is 708. The molecule has 0 saturated carbocycles. The summed E-state index contributed by atoms with van der Waals surface area (Å²) in [6, 6.07) is 15.7. The second kappa shape index (κ2) is 8.29. The maximum absolute atomic E-state index is 12.1. The minimum absolute atomic E-state index is 0.0281. The first kappa shape index (κ1) is 17.7. The zero-order valence-electron chi connectivity index (χ0n) is 14.5. The van der Waals surface area contributed by atoms with Crippen molar-refractivity contribution in [2.24, 2.45) is 0 Å². The number of hydrogen-bond donors (Lipinski definition) is 1. The van der Waals surface area contributed by atoms with E-state index in [0.717, 1.165) is 22.4 Å². The first-order valence-electron chi connectivity index (χ1n) is 8.11. The molecule has 0 bridgehead atoms.